The lowest BCUT2D eigenvalue weighted by atomic mass is 9.85. The number of carboxylic acids is 1. The van der Waals surface area contributed by atoms with Gasteiger partial charge in [-0.25, -0.2) is 4.79 Å². The maximum Gasteiger partial charge on any atom is 0.326 e. The van der Waals surface area contributed by atoms with Crippen LogP contribution in [0, 0.1) is 23.7 Å². The van der Waals surface area contributed by atoms with Crippen LogP contribution in [-0.2, 0) is 51.1 Å². The molecule has 3 N–H and O–H groups in total. The number of carboxylic acid groups (broad SMARTS) is 1. The molecule has 1 aliphatic rings. The first-order valence-electron chi connectivity index (χ1n) is 23.1. The molecule has 1 saturated heterocycles. The number of nitrogens with zero attached hydrogens (tertiary/aromatic N) is 2. The summed E-state index contributed by atoms with van der Waals surface area (Å²) in [5.41, 5.74) is 2.04. The number of hydrogen-bond acceptors (Lipinski definition) is 9. The number of alkyl halides is 1. The summed E-state index contributed by atoms with van der Waals surface area (Å²) in [6.45, 7) is 10.6. The lowest BCUT2D eigenvalue weighted by Gasteiger charge is -2.40. The second-order valence-electron chi connectivity index (χ2n) is 17.9. The molecular formula is C50H73BrN4O10. The Morgan fingerprint density at radius 3 is 2.15 bits per heavy atom. The molecule has 0 saturated carbocycles. The highest BCUT2D eigenvalue weighted by Crippen LogP contribution is 2.31. The van der Waals surface area contributed by atoms with Gasteiger partial charge in [-0.05, 0) is 48.6 Å². The van der Waals surface area contributed by atoms with Crippen molar-refractivity contribution in [2.45, 2.75) is 136 Å². The third-order valence-electron chi connectivity index (χ3n) is 12.9. The molecule has 0 radical (unpaired) electrons. The van der Waals surface area contributed by atoms with Crippen LogP contribution in [0.4, 0.5) is 0 Å². The summed E-state index contributed by atoms with van der Waals surface area (Å²) in [6, 6.07) is 14.0. The van der Waals surface area contributed by atoms with Gasteiger partial charge in [0, 0.05) is 71.5 Å². The fraction of sp³-hybridized carbons (Fsp3) is 0.620. The number of ether oxygens (including phenoxy) is 2. The Bertz CT molecular complexity index is 1860. The summed E-state index contributed by atoms with van der Waals surface area (Å²) in [6.07, 6.45) is 3.72. The van der Waals surface area contributed by atoms with Gasteiger partial charge in [-0.3, -0.25) is 28.8 Å². The number of aliphatic carboxylic acids is 1. The number of likely N-dealkylation sites (N-methyl/N-ethyl adjacent to an activating group) is 1. The molecule has 1 heterocycles. The molecule has 2 aromatic rings. The van der Waals surface area contributed by atoms with Gasteiger partial charge < -0.3 is 35.0 Å². The first-order valence-corrected chi connectivity index (χ1v) is 24.2. The van der Waals surface area contributed by atoms with Crippen LogP contribution in [0.3, 0.4) is 0 Å². The fourth-order valence-electron chi connectivity index (χ4n) is 8.87. The molecule has 14 nitrogen and oxygen atoms in total. The van der Waals surface area contributed by atoms with Crippen molar-refractivity contribution in [1.82, 2.24) is 20.4 Å². The summed E-state index contributed by atoms with van der Waals surface area (Å²) in [4.78, 5) is 95.5. The van der Waals surface area contributed by atoms with Gasteiger partial charge in [0.1, 0.15) is 11.8 Å². The Labute approximate surface area is 394 Å². The molecule has 360 valence electrons. The zero-order valence-corrected chi connectivity index (χ0v) is 41.3. The number of unbranched alkanes of at least 4 members (excludes halogenated alkanes) is 2. The third-order valence-corrected chi connectivity index (χ3v) is 13.4. The van der Waals surface area contributed by atoms with Crippen LogP contribution in [0.15, 0.2) is 54.6 Å². The third kappa shape index (κ3) is 16.7. The van der Waals surface area contributed by atoms with Crippen LogP contribution in [-0.4, -0.2) is 126 Å². The Balaban J connectivity index is 1.67. The largest absolute Gasteiger partial charge is 0.480 e. The van der Waals surface area contributed by atoms with Crippen LogP contribution in [0.2, 0.25) is 0 Å². The van der Waals surface area contributed by atoms with E-state index in [-0.39, 0.29) is 72.1 Å². The maximum atomic E-state index is 14.5. The van der Waals surface area contributed by atoms with Crippen molar-refractivity contribution in [3.63, 3.8) is 0 Å². The predicted molar refractivity (Wildman–Crippen MR) is 254 cm³/mol. The fourth-order valence-corrected chi connectivity index (χ4v) is 9.07. The SMILES string of the molecule is CC[C@H](C)[C@@H]([C@@H](CC(=O)N1CCC[C@H]1[C@H](OC)[C@@H](C)C(=O)N[C@@H](Cc1ccccc1)C(=O)O)OC)N(C)C(=O)[C@@H](CC(=O)c1ccc(CC(=O)CCCCCNC(=O)CBr)cc1)C(C)C. The summed E-state index contributed by atoms with van der Waals surface area (Å²) in [5.74, 6) is -3.86. The molecule has 0 bridgehead atoms. The minimum atomic E-state index is -1.15. The number of carbonyl (C=O) groups excluding carboxylic acids is 6. The summed E-state index contributed by atoms with van der Waals surface area (Å²) in [5, 5.41) is 15.7. The number of hydrogen-bond donors (Lipinski definition) is 3. The highest BCUT2D eigenvalue weighted by atomic mass is 79.9. The molecule has 0 aliphatic carbocycles. The van der Waals surface area contributed by atoms with Crippen molar-refractivity contribution in [2.24, 2.45) is 23.7 Å². The normalized spacial score (nSPS) is 17.0. The van der Waals surface area contributed by atoms with Crippen LogP contribution < -0.4 is 10.6 Å². The van der Waals surface area contributed by atoms with Gasteiger partial charge in [0.15, 0.2) is 5.78 Å². The molecule has 8 atom stereocenters. The summed E-state index contributed by atoms with van der Waals surface area (Å²) >= 11 is 3.12. The monoisotopic (exact) mass is 968 g/mol. The van der Waals surface area contributed by atoms with Gasteiger partial charge >= 0.3 is 5.97 Å². The van der Waals surface area contributed by atoms with Gasteiger partial charge in [0.05, 0.1) is 42.0 Å². The zero-order valence-electron chi connectivity index (χ0n) is 39.7. The van der Waals surface area contributed by atoms with E-state index in [9.17, 15) is 38.7 Å². The van der Waals surface area contributed by atoms with Crippen molar-refractivity contribution in [1.29, 1.82) is 0 Å². The average Bonchev–Trinajstić information content (AvgIpc) is 3.78. The molecule has 0 spiro atoms. The number of rotatable bonds is 29. The van der Waals surface area contributed by atoms with E-state index in [4.69, 9.17) is 9.47 Å². The molecule has 65 heavy (non-hydrogen) atoms. The standard InChI is InChI=1S/C50H73BrN4O10/c1-9-33(4)46(54(6)49(61)39(32(2)3)29-42(57)37-23-21-36(22-24-37)27-38(56)19-14-11-15-25-52-44(58)31-51)43(64-7)30-45(59)55-26-16-20-41(55)47(65-8)34(5)48(60)53-40(50(62)63)28-35-17-12-10-13-18-35/h10,12-13,17-18,21-24,32-34,39-41,43,46-47H,9,11,14-16,19-20,25-31H2,1-8H3,(H,52,58)(H,53,60)(H,62,63)/t33-,34+,39-,40-,41-,43+,46-,47+/m0/s1. The smallest absolute Gasteiger partial charge is 0.326 e. The molecule has 3 rings (SSSR count). The molecule has 4 amide bonds. The van der Waals surface area contributed by atoms with Gasteiger partial charge in [0.2, 0.25) is 23.6 Å². The summed E-state index contributed by atoms with van der Waals surface area (Å²) < 4.78 is 11.9. The number of Topliss-reactive ketones (excluding diaryl/α,β-unsaturated/α-hetero) is 2. The first kappa shape index (κ1) is 54.9. The number of benzene rings is 2. The van der Waals surface area contributed by atoms with E-state index in [0.717, 1.165) is 30.4 Å². The Morgan fingerprint density at radius 1 is 0.892 bits per heavy atom. The number of amides is 4. The van der Waals surface area contributed by atoms with E-state index in [0.29, 0.717) is 44.3 Å². The Hall–Kier alpha value is -4.47. The molecule has 15 heteroatoms. The van der Waals surface area contributed by atoms with Crippen LogP contribution >= 0.6 is 15.9 Å². The van der Waals surface area contributed by atoms with Crippen molar-refractivity contribution in [2.75, 3.05) is 39.7 Å². The van der Waals surface area contributed by atoms with E-state index < -0.39 is 54.0 Å². The van der Waals surface area contributed by atoms with Crippen molar-refractivity contribution < 1.29 is 48.1 Å². The van der Waals surface area contributed by atoms with Gasteiger partial charge in [0.25, 0.3) is 0 Å². The Kier molecular flexibility index (Phi) is 23.5. The summed E-state index contributed by atoms with van der Waals surface area (Å²) in [7, 11) is 4.73. The van der Waals surface area contributed by atoms with Crippen LogP contribution in [0.25, 0.3) is 0 Å². The van der Waals surface area contributed by atoms with E-state index >= 15 is 0 Å². The number of ketones is 2. The predicted octanol–water partition coefficient (Wildman–Crippen LogP) is 6.45. The molecular weight excluding hydrogens is 896 g/mol. The maximum absolute atomic E-state index is 14.5. The molecule has 1 fully saturated rings. The second kappa shape index (κ2) is 27.9. The van der Waals surface area contributed by atoms with E-state index in [1.807, 2.05) is 45.9 Å². The Morgan fingerprint density at radius 2 is 1.57 bits per heavy atom. The number of likely N-dealkylation sites (tertiary alicyclic amines) is 1. The van der Waals surface area contributed by atoms with Crippen LogP contribution in [0.1, 0.15) is 114 Å². The van der Waals surface area contributed by atoms with E-state index in [1.54, 1.807) is 60.2 Å². The number of carbonyl (C=O) groups is 7. The highest BCUT2D eigenvalue weighted by Gasteiger charge is 2.43. The van der Waals surface area contributed by atoms with Crippen molar-refractivity contribution in [3.05, 3.63) is 71.3 Å². The molecule has 0 unspecified atom stereocenters. The van der Waals surface area contributed by atoms with Gasteiger partial charge in [-0.15, -0.1) is 0 Å². The minimum Gasteiger partial charge on any atom is -0.480 e. The minimum absolute atomic E-state index is 0.0158. The van der Waals surface area contributed by atoms with Crippen LogP contribution in [0.5, 0.6) is 0 Å². The first-order chi connectivity index (χ1) is 31.0. The van der Waals surface area contributed by atoms with Gasteiger partial charge in [-0.2, -0.15) is 0 Å². The lowest BCUT2D eigenvalue weighted by molar-refractivity contribution is -0.148. The van der Waals surface area contributed by atoms with Gasteiger partial charge in [-0.1, -0.05) is 118 Å². The second-order valence-corrected chi connectivity index (χ2v) is 18.4. The van der Waals surface area contributed by atoms with Crippen molar-refractivity contribution >= 4 is 57.1 Å². The lowest BCUT2D eigenvalue weighted by Crippen LogP contribution is -2.54. The topological polar surface area (TPSA) is 189 Å². The van der Waals surface area contributed by atoms with E-state index in [1.165, 1.54) is 14.2 Å². The number of nitrogens with one attached hydrogen (secondary N) is 2. The number of methoxy groups -OCH3 is 2. The molecule has 2 aromatic carbocycles. The quantitative estimate of drug-likeness (QED) is 0.0465. The average molecular weight is 970 g/mol. The highest BCUT2D eigenvalue weighted by molar-refractivity contribution is 9.09. The number of halogens is 1. The molecule has 1 aliphatic heterocycles. The van der Waals surface area contributed by atoms with E-state index in [2.05, 4.69) is 26.6 Å². The zero-order chi connectivity index (χ0) is 48.2. The van der Waals surface area contributed by atoms with Crippen molar-refractivity contribution in [3.8, 4) is 0 Å². The molecule has 0 aromatic heterocycles.